The van der Waals surface area contributed by atoms with Crippen LogP contribution in [0.25, 0.3) is 0 Å². The summed E-state index contributed by atoms with van der Waals surface area (Å²) >= 11 is 6.74. The number of hydrogen-bond donors (Lipinski definition) is 2. The zero-order valence-electron chi connectivity index (χ0n) is 14.0. The van der Waals surface area contributed by atoms with Crippen molar-refractivity contribution < 1.29 is 23.5 Å². The monoisotopic (exact) mass is 410 g/mol. The van der Waals surface area contributed by atoms with E-state index in [9.17, 15) is 18.8 Å². The number of hydrogen-bond acceptors (Lipinski definition) is 5. The molecule has 9 heteroatoms. The van der Waals surface area contributed by atoms with Crippen molar-refractivity contribution in [1.29, 1.82) is 0 Å². The maximum absolute atomic E-state index is 13.4. The molecule has 2 aromatic rings. The van der Waals surface area contributed by atoms with Gasteiger partial charge in [-0.05, 0) is 36.4 Å². The average Bonchev–Trinajstić information content (AvgIpc) is 2.64. The van der Waals surface area contributed by atoms with Gasteiger partial charge in [0.25, 0.3) is 5.91 Å². The van der Waals surface area contributed by atoms with Crippen molar-refractivity contribution in [3.8, 4) is 0 Å². The smallest absolute Gasteiger partial charge is 0.316 e. The van der Waals surface area contributed by atoms with Crippen LogP contribution in [-0.4, -0.2) is 35.9 Å². The maximum atomic E-state index is 13.4. The van der Waals surface area contributed by atoms with Crippen LogP contribution in [0, 0.1) is 5.82 Å². The predicted octanol–water partition coefficient (Wildman–Crippen LogP) is 3.33. The Morgan fingerprint density at radius 3 is 2.37 bits per heavy atom. The lowest BCUT2D eigenvalue weighted by molar-refractivity contribution is -0.144. The molecule has 0 unspecified atom stereocenters. The van der Waals surface area contributed by atoms with E-state index in [1.165, 1.54) is 18.2 Å². The highest BCUT2D eigenvalue weighted by molar-refractivity contribution is 8.00. The highest BCUT2D eigenvalue weighted by atomic mass is 35.5. The van der Waals surface area contributed by atoms with Crippen molar-refractivity contribution in [2.45, 2.75) is 0 Å². The van der Waals surface area contributed by atoms with Gasteiger partial charge in [0.15, 0.2) is 6.61 Å². The van der Waals surface area contributed by atoms with Gasteiger partial charge in [0, 0.05) is 10.7 Å². The first-order valence-electron chi connectivity index (χ1n) is 7.77. The molecule has 6 nitrogen and oxygen atoms in total. The summed E-state index contributed by atoms with van der Waals surface area (Å²) in [5.41, 5.74) is 0.601. The molecule has 2 aromatic carbocycles. The van der Waals surface area contributed by atoms with Gasteiger partial charge in [-0.25, -0.2) is 4.39 Å². The number of benzene rings is 2. The predicted molar refractivity (Wildman–Crippen MR) is 103 cm³/mol. The summed E-state index contributed by atoms with van der Waals surface area (Å²) in [6.45, 7) is -0.441. The fourth-order valence-electron chi connectivity index (χ4n) is 1.89. The van der Waals surface area contributed by atoms with Crippen molar-refractivity contribution >= 4 is 52.5 Å². The molecule has 2 N–H and O–H groups in total. The molecule has 0 spiro atoms. The Bertz CT molecular complexity index is 817. The van der Waals surface area contributed by atoms with Gasteiger partial charge in [0.2, 0.25) is 5.91 Å². The Balaban J connectivity index is 1.63. The number of halogens is 2. The van der Waals surface area contributed by atoms with Crippen LogP contribution < -0.4 is 10.6 Å². The van der Waals surface area contributed by atoms with Crippen molar-refractivity contribution in [2.24, 2.45) is 0 Å². The highest BCUT2D eigenvalue weighted by Crippen LogP contribution is 2.14. The summed E-state index contributed by atoms with van der Waals surface area (Å²) < 4.78 is 18.2. The number of thioether (sulfide) groups is 1. The van der Waals surface area contributed by atoms with Gasteiger partial charge in [-0.15, -0.1) is 11.8 Å². The fraction of sp³-hybridized carbons (Fsp3) is 0.167. The van der Waals surface area contributed by atoms with E-state index in [0.717, 1.165) is 11.8 Å². The van der Waals surface area contributed by atoms with Crippen LogP contribution in [0.1, 0.15) is 0 Å². The number of rotatable bonds is 8. The van der Waals surface area contributed by atoms with Gasteiger partial charge in [0.05, 0.1) is 17.2 Å². The Morgan fingerprint density at radius 1 is 0.963 bits per heavy atom. The van der Waals surface area contributed by atoms with Crippen molar-refractivity contribution in [1.82, 2.24) is 0 Å². The minimum absolute atomic E-state index is 0.0552. The second-order valence-corrected chi connectivity index (χ2v) is 6.66. The second-order valence-electron chi connectivity index (χ2n) is 5.24. The molecule has 0 bridgehead atoms. The largest absolute Gasteiger partial charge is 0.455 e. The van der Waals surface area contributed by atoms with Crippen LogP contribution >= 0.6 is 23.4 Å². The first-order valence-corrected chi connectivity index (χ1v) is 9.30. The number of ether oxygens (including phenoxy) is 1. The molecular weight excluding hydrogens is 395 g/mol. The van der Waals surface area contributed by atoms with E-state index >= 15 is 0 Å². The summed E-state index contributed by atoms with van der Waals surface area (Å²) in [6, 6.07) is 12.2. The molecule has 0 aliphatic rings. The van der Waals surface area contributed by atoms with E-state index in [2.05, 4.69) is 10.6 Å². The van der Waals surface area contributed by atoms with Gasteiger partial charge < -0.3 is 15.4 Å². The topological polar surface area (TPSA) is 84.5 Å². The third kappa shape index (κ3) is 7.67. The zero-order valence-corrected chi connectivity index (χ0v) is 15.6. The number of carbonyl (C=O) groups is 3. The molecule has 0 saturated carbocycles. The summed E-state index contributed by atoms with van der Waals surface area (Å²) in [5.74, 6) is -2.28. The summed E-state index contributed by atoms with van der Waals surface area (Å²) in [7, 11) is 0. The molecule has 0 aliphatic heterocycles. The Morgan fingerprint density at radius 2 is 1.67 bits per heavy atom. The molecule has 2 amide bonds. The normalized spacial score (nSPS) is 10.1. The van der Waals surface area contributed by atoms with E-state index in [1.54, 1.807) is 30.3 Å². The standard InChI is InChI=1S/C18H16ClFN2O4S/c19-12-5-7-13(8-6-12)21-16(23)9-26-18(25)11-27-10-17(24)22-15-4-2-1-3-14(15)20/h1-8H,9-11H2,(H,21,23)(H,22,24). The summed E-state index contributed by atoms with van der Waals surface area (Å²) in [6.07, 6.45) is 0. The number of amides is 2. The summed E-state index contributed by atoms with van der Waals surface area (Å²) in [5, 5.41) is 5.49. The van der Waals surface area contributed by atoms with Gasteiger partial charge in [-0.3, -0.25) is 14.4 Å². The average molecular weight is 411 g/mol. The Labute approximate surface area is 164 Å². The number of carbonyl (C=O) groups excluding carboxylic acids is 3. The van der Waals surface area contributed by atoms with E-state index in [4.69, 9.17) is 16.3 Å². The van der Waals surface area contributed by atoms with Crippen molar-refractivity contribution in [3.05, 3.63) is 59.4 Å². The number of esters is 1. The Kier molecular flexibility index (Phi) is 8.09. The first kappa shape index (κ1) is 20.7. The summed E-state index contributed by atoms with van der Waals surface area (Å²) in [4.78, 5) is 35.0. The van der Waals surface area contributed by atoms with Crippen LogP contribution in [0.15, 0.2) is 48.5 Å². The molecule has 0 radical (unpaired) electrons. The maximum Gasteiger partial charge on any atom is 0.316 e. The molecule has 0 heterocycles. The van der Waals surface area contributed by atoms with Gasteiger partial charge in [-0.2, -0.15) is 0 Å². The van der Waals surface area contributed by atoms with Gasteiger partial charge >= 0.3 is 5.97 Å². The molecule has 0 fully saturated rings. The van der Waals surface area contributed by atoms with Gasteiger partial charge in [-0.1, -0.05) is 23.7 Å². The van der Waals surface area contributed by atoms with Crippen molar-refractivity contribution in [2.75, 3.05) is 28.7 Å². The minimum atomic E-state index is -0.634. The lowest BCUT2D eigenvalue weighted by Gasteiger charge is -2.07. The number of anilines is 2. The third-order valence-corrected chi connectivity index (χ3v) is 4.25. The van der Waals surface area contributed by atoms with E-state index in [1.807, 2.05) is 0 Å². The molecule has 0 aromatic heterocycles. The Hall–Kier alpha value is -2.58. The van der Waals surface area contributed by atoms with E-state index in [-0.39, 0.29) is 17.2 Å². The number of para-hydroxylation sites is 1. The van der Waals surface area contributed by atoms with Crippen LogP contribution in [0.5, 0.6) is 0 Å². The lowest BCUT2D eigenvalue weighted by Crippen LogP contribution is -2.22. The first-order chi connectivity index (χ1) is 12.9. The number of nitrogens with one attached hydrogen (secondary N) is 2. The molecular formula is C18H16ClFN2O4S. The molecule has 2 rings (SSSR count). The highest BCUT2D eigenvalue weighted by Gasteiger charge is 2.11. The SMILES string of the molecule is O=C(COC(=O)CSCC(=O)Nc1ccccc1F)Nc1ccc(Cl)cc1. The van der Waals surface area contributed by atoms with Crippen molar-refractivity contribution in [3.63, 3.8) is 0 Å². The van der Waals surface area contributed by atoms with Crippen LogP contribution in [0.2, 0.25) is 5.02 Å². The third-order valence-electron chi connectivity index (χ3n) is 3.09. The fourth-order valence-corrected chi connectivity index (χ4v) is 2.63. The molecule has 142 valence electrons. The van der Waals surface area contributed by atoms with Crippen LogP contribution in [-0.2, 0) is 19.1 Å². The van der Waals surface area contributed by atoms with Crippen LogP contribution in [0.4, 0.5) is 15.8 Å². The molecule has 0 atom stereocenters. The molecule has 0 saturated heterocycles. The molecule has 0 aliphatic carbocycles. The molecule has 27 heavy (non-hydrogen) atoms. The van der Waals surface area contributed by atoms with Gasteiger partial charge in [0.1, 0.15) is 5.82 Å². The lowest BCUT2D eigenvalue weighted by atomic mass is 10.3. The quantitative estimate of drug-likeness (QED) is 0.652. The van der Waals surface area contributed by atoms with Crippen LogP contribution in [0.3, 0.4) is 0 Å². The second kappa shape index (κ2) is 10.5. The van der Waals surface area contributed by atoms with E-state index < -0.39 is 30.2 Å². The zero-order chi connectivity index (χ0) is 19.6. The minimum Gasteiger partial charge on any atom is -0.455 e. The van der Waals surface area contributed by atoms with E-state index in [0.29, 0.717) is 10.7 Å².